The molecular weight excluding hydrogens is 258 g/mol. The highest BCUT2D eigenvalue weighted by atomic mass is 16.3. The predicted octanol–water partition coefficient (Wildman–Crippen LogP) is 2.03. The van der Waals surface area contributed by atoms with Gasteiger partial charge in [0, 0.05) is 30.6 Å². The molecule has 6 heteroatoms. The van der Waals surface area contributed by atoms with Gasteiger partial charge < -0.3 is 20.2 Å². The van der Waals surface area contributed by atoms with Crippen molar-refractivity contribution in [3.63, 3.8) is 0 Å². The molecule has 1 aromatic heterocycles. The Hall–Kier alpha value is -2.08. The van der Waals surface area contributed by atoms with Gasteiger partial charge in [-0.1, -0.05) is 0 Å². The van der Waals surface area contributed by atoms with E-state index in [0.29, 0.717) is 23.7 Å². The number of urea groups is 1. The van der Waals surface area contributed by atoms with Gasteiger partial charge in [-0.3, -0.25) is 0 Å². The Bertz CT molecular complexity index is 646. The van der Waals surface area contributed by atoms with Crippen LogP contribution < -0.4 is 10.6 Å². The number of carbonyl (C=O) groups is 1. The van der Waals surface area contributed by atoms with Crippen molar-refractivity contribution in [2.24, 2.45) is 5.41 Å². The van der Waals surface area contributed by atoms with Crippen molar-refractivity contribution in [2.75, 3.05) is 18.5 Å². The van der Waals surface area contributed by atoms with Crippen molar-refractivity contribution < 1.29 is 14.3 Å². The van der Waals surface area contributed by atoms with E-state index in [0.717, 1.165) is 18.4 Å². The van der Waals surface area contributed by atoms with E-state index in [-0.39, 0.29) is 18.1 Å². The second-order valence-electron chi connectivity index (χ2n) is 5.38. The monoisotopic (exact) mass is 275 g/mol. The molecule has 1 aromatic carbocycles. The second kappa shape index (κ2) is 4.79. The number of nitrogens with one attached hydrogen (secondary N) is 2. The zero-order chi connectivity index (χ0) is 14.2. The number of hydrogen-bond donors (Lipinski definition) is 3. The van der Waals surface area contributed by atoms with E-state index in [1.165, 1.54) is 0 Å². The molecule has 0 spiro atoms. The zero-order valence-corrected chi connectivity index (χ0v) is 11.3. The van der Waals surface area contributed by atoms with Gasteiger partial charge in [0.2, 0.25) is 0 Å². The molecule has 1 saturated carbocycles. The number of nitrogens with zero attached hydrogens (tertiary/aromatic N) is 1. The number of fused-ring (bicyclic) bond motifs is 1. The molecule has 0 saturated heterocycles. The Kier molecular flexibility index (Phi) is 3.10. The molecule has 3 rings (SSSR count). The highest BCUT2D eigenvalue weighted by molar-refractivity contribution is 5.91. The molecule has 1 heterocycles. The number of aromatic nitrogens is 1. The fraction of sp³-hybridized carbons (Fsp3) is 0.429. The lowest BCUT2D eigenvalue weighted by Crippen LogP contribution is -2.35. The molecule has 3 N–H and O–H groups in total. The first-order chi connectivity index (χ1) is 9.60. The number of benzene rings is 1. The largest absolute Gasteiger partial charge is 0.441 e. The minimum absolute atomic E-state index is 0.0939. The van der Waals surface area contributed by atoms with Gasteiger partial charge in [0.1, 0.15) is 5.52 Å². The molecule has 1 aliphatic rings. The molecule has 0 atom stereocenters. The van der Waals surface area contributed by atoms with Crippen molar-refractivity contribution in [3.05, 3.63) is 24.1 Å². The summed E-state index contributed by atoms with van der Waals surface area (Å²) in [5, 5.41) is 14.7. The van der Waals surface area contributed by atoms with E-state index in [4.69, 9.17) is 4.42 Å². The summed E-state index contributed by atoms with van der Waals surface area (Å²) in [6.07, 6.45) is 1.93. The smallest absolute Gasteiger partial charge is 0.319 e. The topological polar surface area (TPSA) is 87.4 Å². The fourth-order valence-electron chi connectivity index (χ4n) is 2.13. The second-order valence-corrected chi connectivity index (χ2v) is 5.38. The van der Waals surface area contributed by atoms with Crippen LogP contribution in [0.25, 0.3) is 11.1 Å². The van der Waals surface area contributed by atoms with Crippen molar-refractivity contribution in [2.45, 2.75) is 19.8 Å². The highest BCUT2D eigenvalue weighted by Gasteiger charge is 2.42. The number of amides is 2. The summed E-state index contributed by atoms with van der Waals surface area (Å²) < 4.78 is 5.42. The Balaban J connectivity index is 1.62. The lowest BCUT2D eigenvalue weighted by molar-refractivity contribution is 0.206. The summed E-state index contributed by atoms with van der Waals surface area (Å²) >= 11 is 0. The summed E-state index contributed by atoms with van der Waals surface area (Å²) in [5.41, 5.74) is 1.98. The molecule has 20 heavy (non-hydrogen) atoms. The number of hydrogen-bond acceptors (Lipinski definition) is 4. The molecule has 106 valence electrons. The summed E-state index contributed by atoms with van der Waals surface area (Å²) in [7, 11) is 0. The Morgan fingerprint density at radius 3 is 3.00 bits per heavy atom. The van der Waals surface area contributed by atoms with Crippen molar-refractivity contribution >= 4 is 22.8 Å². The molecular formula is C14H17N3O3. The van der Waals surface area contributed by atoms with E-state index < -0.39 is 0 Å². The van der Waals surface area contributed by atoms with Gasteiger partial charge in [-0.15, -0.1) is 0 Å². The first-order valence-corrected chi connectivity index (χ1v) is 6.63. The van der Waals surface area contributed by atoms with Crippen LogP contribution in [0.2, 0.25) is 0 Å². The van der Waals surface area contributed by atoms with E-state index in [2.05, 4.69) is 15.6 Å². The fourth-order valence-corrected chi connectivity index (χ4v) is 2.13. The van der Waals surface area contributed by atoms with Gasteiger partial charge in [0.15, 0.2) is 11.5 Å². The summed E-state index contributed by atoms with van der Waals surface area (Å²) in [6.45, 7) is 2.40. The number of aliphatic hydroxyl groups is 1. The molecule has 1 aliphatic carbocycles. The number of aliphatic hydroxyl groups excluding tert-OH is 1. The third kappa shape index (κ3) is 2.60. The Morgan fingerprint density at radius 2 is 2.30 bits per heavy atom. The van der Waals surface area contributed by atoms with Crippen molar-refractivity contribution in [3.8, 4) is 0 Å². The Labute approximate surface area is 116 Å². The van der Waals surface area contributed by atoms with Gasteiger partial charge in [-0.2, -0.15) is 0 Å². The Morgan fingerprint density at radius 1 is 1.50 bits per heavy atom. The van der Waals surface area contributed by atoms with Crippen molar-refractivity contribution in [1.82, 2.24) is 10.3 Å². The molecule has 0 unspecified atom stereocenters. The third-order valence-corrected chi connectivity index (χ3v) is 3.67. The van der Waals surface area contributed by atoms with Crippen LogP contribution in [0.5, 0.6) is 0 Å². The molecule has 0 bridgehead atoms. The molecule has 0 radical (unpaired) electrons. The maximum absolute atomic E-state index is 11.8. The van der Waals surface area contributed by atoms with Gasteiger partial charge in [0.05, 0.1) is 6.61 Å². The first-order valence-electron chi connectivity index (χ1n) is 6.63. The number of carbonyl (C=O) groups excluding carboxylic acids is 1. The van der Waals surface area contributed by atoms with Crippen LogP contribution in [0.1, 0.15) is 18.7 Å². The van der Waals surface area contributed by atoms with Gasteiger partial charge in [-0.25, -0.2) is 9.78 Å². The first kappa shape index (κ1) is 12.9. The van der Waals surface area contributed by atoms with Crippen LogP contribution in [0.3, 0.4) is 0 Å². The number of aryl methyl sites for hydroxylation is 1. The number of oxazole rings is 1. The minimum Gasteiger partial charge on any atom is -0.441 e. The minimum atomic E-state index is -0.277. The molecule has 0 aliphatic heterocycles. The van der Waals surface area contributed by atoms with Crippen LogP contribution in [-0.2, 0) is 0 Å². The predicted molar refractivity (Wildman–Crippen MR) is 74.5 cm³/mol. The molecule has 6 nitrogen and oxygen atoms in total. The maximum atomic E-state index is 11.8. The highest BCUT2D eigenvalue weighted by Crippen LogP contribution is 2.44. The van der Waals surface area contributed by atoms with Crippen molar-refractivity contribution in [1.29, 1.82) is 0 Å². The maximum Gasteiger partial charge on any atom is 0.319 e. The number of anilines is 1. The summed E-state index contributed by atoms with van der Waals surface area (Å²) in [5.74, 6) is 0.597. The van der Waals surface area contributed by atoms with Crippen LogP contribution in [-0.4, -0.2) is 29.3 Å². The lowest BCUT2D eigenvalue weighted by atomic mass is 10.1. The zero-order valence-electron chi connectivity index (χ0n) is 11.3. The van der Waals surface area contributed by atoms with Crippen LogP contribution in [0.15, 0.2) is 22.6 Å². The summed E-state index contributed by atoms with van der Waals surface area (Å²) in [4.78, 5) is 16.0. The average molecular weight is 275 g/mol. The summed E-state index contributed by atoms with van der Waals surface area (Å²) in [6, 6.07) is 5.05. The normalized spacial score (nSPS) is 16.1. The molecule has 1 fully saturated rings. The lowest BCUT2D eigenvalue weighted by Gasteiger charge is -2.13. The van der Waals surface area contributed by atoms with Gasteiger partial charge >= 0.3 is 6.03 Å². The number of rotatable bonds is 4. The quantitative estimate of drug-likeness (QED) is 0.796. The molecule has 2 aromatic rings. The average Bonchev–Trinajstić information content (AvgIpc) is 3.11. The van der Waals surface area contributed by atoms with E-state index in [1.54, 1.807) is 25.1 Å². The standard InChI is InChI=1S/C14H17N3O3/c1-9-16-11-3-2-10(6-12(11)20-9)17-13(19)15-7-14(8-18)4-5-14/h2-3,6,18H,4-5,7-8H2,1H3,(H2,15,17,19). The van der Waals surface area contributed by atoms with E-state index in [1.807, 2.05) is 0 Å². The van der Waals surface area contributed by atoms with E-state index >= 15 is 0 Å². The van der Waals surface area contributed by atoms with E-state index in [9.17, 15) is 9.90 Å². The van der Waals surface area contributed by atoms with Crippen LogP contribution >= 0.6 is 0 Å². The van der Waals surface area contributed by atoms with Crippen LogP contribution in [0, 0.1) is 12.3 Å². The van der Waals surface area contributed by atoms with Crippen LogP contribution in [0.4, 0.5) is 10.5 Å². The SMILES string of the molecule is Cc1nc2ccc(NC(=O)NCC3(CO)CC3)cc2o1. The molecule has 2 amide bonds. The van der Waals surface area contributed by atoms with Gasteiger partial charge in [0.25, 0.3) is 0 Å². The van der Waals surface area contributed by atoms with Gasteiger partial charge in [-0.05, 0) is 25.0 Å². The third-order valence-electron chi connectivity index (χ3n) is 3.67.